The van der Waals surface area contributed by atoms with Gasteiger partial charge in [-0.05, 0) is 18.6 Å². The highest BCUT2D eigenvalue weighted by Gasteiger charge is 2.11. The fourth-order valence-corrected chi connectivity index (χ4v) is 3.13. The molecule has 1 aromatic heterocycles. The maximum Gasteiger partial charge on any atom is 0.328 e. The molecule has 0 radical (unpaired) electrons. The number of unbranched alkanes of at least 4 members (excludes halogenated alkanes) is 5. The molecular weight excluding hydrogens is 323 g/mol. The zero-order chi connectivity index (χ0) is 16.1. The summed E-state index contributed by atoms with van der Waals surface area (Å²) in [5, 5.41) is 0.971. The number of aromatic amines is 1. The molecule has 0 amide bonds. The Morgan fingerprint density at radius 3 is 2.45 bits per heavy atom. The maximum absolute atomic E-state index is 12.5. The van der Waals surface area contributed by atoms with Crippen molar-refractivity contribution in [3.8, 4) is 0 Å². The number of hydrogen-bond donors (Lipinski definition) is 1. The third-order valence-electron chi connectivity index (χ3n) is 3.74. The van der Waals surface area contributed by atoms with E-state index in [0.29, 0.717) is 22.5 Å². The van der Waals surface area contributed by atoms with Crippen LogP contribution in [0.15, 0.2) is 21.7 Å². The smallest absolute Gasteiger partial charge is 0.307 e. The molecule has 4 nitrogen and oxygen atoms in total. The summed E-state index contributed by atoms with van der Waals surface area (Å²) < 4.78 is 1.22. The summed E-state index contributed by atoms with van der Waals surface area (Å²) in [6, 6.07) is 3.06. The van der Waals surface area contributed by atoms with E-state index in [2.05, 4.69) is 11.9 Å². The number of aromatic nitrogens is 2. The van der Waals surface area contributed by atoms with E-state index in [4.69, 9.17) is 23.2 Å². The molecule has 2 rings (SSSR count). The summed E-state index contributed by atoms with van der Waals surface area (Å²) in [5.74, 6) is 0. The molecule has 0 aliphatic rings. The SMILES string of the molecule is CCCCCCCCn1c(=O)[nH]c2cc(Cl)cc(Cl)c2c1=O. The van der Waals surface area contributed by atoms with E-state index in [9.17, 15) is 9.59 Å². The minimum atomic E-state index is -0.413. The van der Waals surface area contributed by atoms with Crippen LogP contribution in [-0.4, -0.2) is 9.55 Å². The van der Waals surface area contributed by atoms with Crippen LogP contribution in [0.2, 0.25) is 10.0 Å². The summed E-state index contributed by atoms with van der Waals surface area (Å²) in [4.78, 5) is 27.2. The molecule has 0 unspecified atom stereocenters. The molecule has 0 spiro atoms. The molecule has 0 saturated heterocycles. The van der Waals surface area contributed by atoms with Gasteiger partial charge in [0.15, 0.2) is 0 Å². The number of benzene rings is 1. The molecule has 1 aromatic carbocycles. The minimum absolute atomic E-state index is 0.264. The van der Waals surface area contributed by atoms with Crippen LogP contribution in [0.25, 0.3) is 10.9 Å². The Balaban J connectivity index is 2.20. The van der Waals surface area contributed by atoms with Crippen LogP contribution in [-0.2, 0) is 6.54 Å². The van der Waals surface area contributed by atoms with Crippen LogP contribution in [0.1, 0.15) is 45.4 Å². The number of fused-ring (bicyclic) bond motifs is 1. The van der Waals surface area contributed by atoms with Gasteiger partial charge in [-0.15, -0.1) is 0 Å². The molecule has 0 bridgehead atoms. The highest BCUT2D eigenvalue weighted by Crippen LogP contribution is 2.23. The van der Waals surface area contributed by atoms with Gasteiger partial charge in [-0.3, -0.25) is 9.36 Å². The number of nitrogens with one attached hydrogen (secondary N) is 1. The van der Waals surface area contributed by atoms with E-state index < -0.39 is 5.69 Å². The summed E-state index contributed by atoms with van der Waals surface area (Å²) in [6.45, 7) is 2.58. The van der Waals surface area contributed by atoms with Crippen LogP contribution in [0.4, 0.5) is 0 Å². The number of rotatable bonds is 7. The normalized spacial score (nSPS) is 11.2. The van der Waals surface area contributed by atoms with Crippen LogP contribution < -0.4 is 11.2 Å². The monoisotopic (exact) mass is 342 g/mol. The Morgan fingerprint density at radius 1 is 1.05 bits per heavy atom. The third-order valence-corrected chi connectivity index (χ3v) is 4.25. The molecule has 0 saturated carbocycles. The van der Waals surface area contributed by atoms with E-state index in [-0.39, 0.29) is 10.6 Å². The van der Waals surface area contributed by atoms with Gasteiger partial charge >= 0.3 is 5.69 Å². The lowest BCUT2D eigenvalue weighted by atomic mass is 10.1. The third kappa shape index (κ3) is 3.93. The van der Waals surface area contributed by atoms with E-state index in [1.54, 1.807) is 6.07 Å². The van der Waals surface area contributed by atoms with Gasteiger partial charge in [0, 0.05) is 11.6 Å². The van der Waals surface area contributed by atoms with Gasteiger partial charge in [-0.25, -0.2) is 4.79 Å². The molecule has 0 aliphatic carbocycles. The van der Waals surface area contributed by atoms with Crippen LogP contribution >= 0.6 is 23.2 Å². The molecule has 1 heterocycles. The van der Waals surface area contributed by atoms with Crippen molar-refractivity contribution in [3.05, 3.63) is 43.0 Å². The Kier molecular flexibility index (Phi) is 6.09. The topological polar surface area (TPSA) is 54.9 Å². The number of hydrogen-bond acceptors (Lipinski definition) is 2. The van der Waals surface area contributed by atoms with E-state index in [1.165, 1.54) is 29.9 Å². The highest BCUT2D eigenvalue weighted by atomic mass is 35.5. The molecular formula is C16H20Cl2N2O2. The van der Waals surface area contributed by atoms with Crippen molar-refractivity contribution in [2.45, 2.75) is 52.0 Å². The fourth-order valence-electron chi connectivity index (χ4n) is 2.55. The Morgan fingerprint density at radius 2 is 1.73 bits per heavy atom. The van der Waals surface area contributed by atoms with Gasteiger partial charge in [-0.1, -0.05) is 62.2 Å². The van der Waals surface area contributed by atoms with Gasteiger partial charge in [-0.2, -0.15) is 0 Å². The summed E-state index contributed by atoms with van der Waals surface area (Å²) in [7, 11) is 0. The molecule has 2 aromatic rings. The highest BCUT2D eigenvalue weighted by molar-refractivity contribution is 6.38. The van der Waals surface area contributed by atoms with Crippen molar-refractivity contribution < 1.29 is 0 Å². The number of nitrogens with zero attached hydrogens (tertiary/aromatic N) is 1. The average molecular weight is 343 g/mol. The largest absolute Gasteiger partial charge is 0.328 e. The minimum Gasteiger partial charge on any atom is -0.307 e. The first kappa shape index (κ1) is 17.1. The molecule has 6 heteroatoms. The molecule has 22 heavy (non-hydrogen) atoms. The van der Waals surface area contributed by atoms with Gasteiger partial charge < -0.3 is 4.98 Å². The average Bonchev–Trinajstić information content (AvgIpc) is 2.44. The second-order valence-corrected chi connectivity index (χ2v) is 6.31. The molecule has 1 N–H and O–H groups in total. The predicted molar refractivity (Wildman–Crippen MR) is 92.2 cm³/mol. The van der Waals surface area contributed by atoms with Crippen molar-refractivity contribution in [2.24, 2.45) is 0 Å². The zero-order valence-corrected chi connectivity index (χ0v) is 14.1. The first-order chi connectivity index (χ1) is 10.5. The lowest BCUT2D eigenvalue weighted by Gasteiger charge is -2.08. The molecule has 120 valence electrons. The lowest BCUT2D eigenvalue weighted by Crippen LogP contribution is -2.35. The molecule has 0 atom stereocenters. The lowest BCUT2D eigenvalue weighted by molar-refractivity contribution is 0.538. The van der Waals surface area contributed by atoms with Crippen LogP contribution in [0.5, 0.6) is 0 Å². The Bertz CT molecular complexity index is 765. The maximum atomic E-state index is 12.5. The first-order valence-electron chi connectivity index (χ1n) is 7.66. The Labute approximate surface area is 139 Å². The van der Waals surface area contributed by atoms with Gasteiger partial charge in [0.05, 0.1) is 15.9 Å². The van der Waals surface area contributed by atoms with Crippen molar-refractivity contribution >= 4 is 34.1 Å². The Hall–Kier alpha value is -1.26. The van der Waals surface area contributed by atoms with E-state index >= 15 is 0 Å². The quantitative estimate of drug-likeness (QED) is 0.760. The summed E-state index contributed by atoms with van der Waals surface area (Å²) in [5.41, 5.74) is -0.384. The zero-order valence-electron chi connectivity index (χ0n) is 12.6. The van der Waals surface area contributed by atoms with E-state index in [1.807, 2.05) is 0 Å². The number of halogens is 2. The van der Waals surface area contributed by atoms with Crippen molar-refractivity contribution in [2.75, 3.05) is 0 Å². The number of H-pyrrole nitrogens is 1. The van der Waals surface area contributed by atoms with Gasteiger partial charge in [0.2, 0.25) is 0 Å². The fraction of sp³-hybridized carbons (Fsp3) is 0.500. The van der Waals surface area contributed by atoms with E-state index in [0.717, 1.165) is 19.3 Å². The second-order valence-electron chi connectivity index (χ2n) is 5.46. The predicted octanol–water partition coefficient (Wildman–Crippen LogP) is 4.36. The van der Waals surface area contributed by atoms with Crippen molar-refractivity contribution in [1.29, 1.82) is 0 Å². The summed E-state index contributed by atoms with van der Waals surface area (Å²) >= 11 is 12.0. The second kappa shape index (κ2) is 7.84. The molecule has 0 fully saturated rings. The van der Waals surface area contributed by atoms with Crippen molar-refractivity contribution in [1.82, 2.24) is 9.55 Å². The van der Waals surface area contributed by atoms with Crippen LogP contribution in [0.3, 0.4) is 0 Å². The summed E-state index contributed by atoms with van der Waals surface area (Å²) in [6.07, 6.45) is 6.58. The standard InChI is InChI=1S/C16H20Cl2N2O2/c1-2-3-4-5-6-7-8-20-15(21)14-12(18)9-11(17)10-13(14)19-16(20)22/h9-10H,2-8H2,1H3,(H,19,22). The molecule has 0 aliphatic heterocycles. The van der Waals surface area contributed by atoms with Gasteiger partial charge in [0.1, 0.15) is 0 Å². The first-order valence-corrected chi connectivity index (χ1v) is 8.42. The van der Waals surface area contributed by atoms with Gasteiger partial charge in [0.25, 0.3) is 5.56 Å². The van der Waals surface area contributed by atoms with Crippen LogP contribution in [0, 0.1) is 0 Å². The van der Waals surface area contributed by atoms with Crippen molar-refractivity contribution in [3.63, 3.8) is 0 Å².